The van der Waals surface area contributed by atoms with Gasteiger partial charge in [-0.25, -0.2) is 0 Å². The molecule has 134 valence electrons. The highest BCUT2D eigenvalue weighted by Gasteiger charge is 2.27. The van der Waals surface area contributed by atoms with Crippen LogP contribution in [0.2, 0.25) is 0 Å². The van der Waals surface area contributed by atoms with Crippen LogP contribution in [0.15, 0.2) is 48.5 Å². The molecular weight excluding hydrogens is 316 g/mol. The summed E-state index contributed by atoms with van der Waals surface area (Å²) in [7, 11) is 0. The summed E-state index contributed by atoms with van der Waals surface area (Å²) in [4.78, 5) is 0. The summed E-state index contributed by atoms with van der Waals surface area (Å²) in [5, 5.41) is 22.0. The molecule has 0 spiro atoms. The second-order valence-corrected chi connectivity index (χ2v) is 9.09. The maximum Gasteiger partial charge on any atom is 0.0452 e. The van der Waals surface area contributed by atoms with Crippen LogP contribution in [0.3, 0.4) is 0 Å². The highest BCUT2D eigenvalue weighted by Crippen LogP contribution is 2.38. The van der Waals surface area contributed by atoms with Crippen LogP contribution in [0.4, 0.5) is 0 Å². The molecule has 3 aromatic carbocycles. The fraction of sp³-hybridized carbons (Fsp3) is 0.333. The number of benzene rings is 3. The van der Waals surface area contributed by atoms with Crippen molar-refractivity contribution in [2.24, 2.45) is 10.8 Å². The molecule has 0 radical (unpaired) electrons. The lowest BCUT2D eigenvalue weighted by Crippen LogP contribution is -2.23. The monoisotopic (exact) mass is 344 g/mol. The Morgan fingerprint density at radius 2 is 0.769 bits per heavy atom. The Kier molecular flexibility index (Phi) is 4.26. The van der Waals surface area contributed by atoms with Crippen molar-refractivity contribution >= 4 is 33.0 Å². The molecule has 3 aromatic rings. The topological polar surface area (TPSA) is 47.7 Å². The quantitative estimate of drug-likeness (QED) is 0.378. The molecule has 0 unspecified atom stereocenters. The third-order valence-electron chi connectivity index (χ3n) is 4.93. The van der Waals surface area contributed by atoms with Crippen LogP contribution in [-0.4, -0.2) is 11.4 Å². The highest BCUT2D eigenvalue weighted by atomic mass is 14.5. The lowest BCUT2D eigenvalue weighted by Gasteiger charge is -2.27. The van der Waals surface area contributed by atoms with Crippen molar-refractivity contribution in [1.29, 1.82) is 10.8 Å². The Morgan fingerprint density at radius 1 is 0.538 bits per heavy atom. The molecule has 0 fully saturated rings. The molecule has 26 heavy (non-hydrogen) atoms. The fourth-order valence-corrected chi connectivity index (χ4v) is 3.42. The maximum absolute atomic E-state index is 8.89. The molecule has 0 aliphatic carbocycles. The second kappa shape index (κ2) is 6.05. The molecule has 2 N–H and O–H groups in total. The Bertz CT molecular complexity index is 887. The Morgan fingerprint density at radius 3 is 0.962 bits per heavy atom. The first-order valence-corrected chi connectivity index (χ1v) is 9.15. The normalized spacial score (nSPS) is 12.5. The first-order valence-electron chi connectivity index (χ1n) is 9.15. The number of nitrogens with one attached hydrogen (secondary N) is 2. The van der Waals surface area contributed by atoms with E-state index in [2.05, 4.69) is 65.8 Å². The Balaban J connectivity index is 2.56. The maximum atomic E-state index is 8.89. The van der Waals surface area contributed by atoms with Crippen LogP contribution in [-0.2, 0) is 0 Å². The van der Waals surface area contributed by atoms with Gasteiger partial charge < -0.3 is 10.8 Å². The predicted molar refractivity (Wildman–Crippen MR) is 114 cm³/mol. The molecule has 0 aliphatic heterocycles. The van der Waals surface area contributed by atoms with Gasteiger partial charge >= 0.3 is 0 Å². The minimum Gasteiger partial charge on any atom is -0.304 e. The van der Waals surface area contributed by atoms with Gasteiger partial charge in [0.05, 0.1) is 0 Å². The van der Waals surface area contributed by atoms with Crippen molar-refractivity contribution in [1.82, 2.24) is 0 Å². The molecule has 0 aliphatic rings. The van der Waals surface area contributed by atoms with Gasteiger partial charge in [-0.05, 0) is 21.5 Å². The zero-order valence-corrected chi connectivity index (χ0v) is 16.6. The van der Waals surface area contributed by atoms with Crippen LogP contribution in [0, 0.1) is 21.6 Å². The van der Waals surface area contributed by atoms with Crippen LogP contribution >= 0.6 is 0 Å². The summed E-state index contributed by atoms with van der Waals surface area (Å²) in [6.45, 7) is 12.5. The molecule has 0 bridgehead atoms. The summed E-state index contributed by atoms with van der Waals surface area (Å²) >= 11 is 0. The molecule has 2 heteroatoms. The smallest absolute Gasteiger partial charge is 0.0452 e. The van der Waals surface area contributed by atoms with Crippen molar-refractivity contribution < 1.29 is 0 Å². The van der Waals surface area contributed by atoms with Gasteiger partial charge in [0.2, 0.25) is 0 Å². The van der Waals surface area contributed by atoms with Crippen molar-refractivity contribution in [3.05, 3.63) is 59.7 Å². The van der Waals surface area contributed by atoms with Gasteiger partial charge in [0, 0.05) is 33.4 Å². The summed E-state index contributed by atoms with van der Waals surface area (Å²) in [6.07, 6.45) is 0. The van der Waals surface area contributed by atoms with Crippen molar-refractivity contribution in [2.75, 3.05) is 0 Å². The van der Waals surface area contributed by atoms with E-state index in [0.29, 0.717) is 11.4 Å². The van der Waals surface area contributed by atoms with Crippen LogP contribution in [0.1, 0.15) is 52.7 Å². The van der Waals surface area contributed by atoms with Crippen molar-refractivity contribution in [3.8, 4) is 0 Å². The van der Waals surface area contributed by atoms with Gasteiger partial charge in [0.25, 0.3) is 0 Å². The standard InChI is InChI=1S/C24H28N2/c1-23(2,3)21(25)19-15-11-7-9-13-17(15)20(22(26)24(4,5)6)18-14-10-8-12-16(18)19/h7-14,25-26H,1-6H3. The van der Waals surface area contributed by atoms with E-state index >= 15 is 0 Å². The van der Waals surface area contributed by atoms with Crippen LogP contribution in [0.25, 0.3) is 21.5 Å². The van der Waals surface area contributed by atoms with Gasteiger partial charge in [-0.15, -0.1) is 0 Å². The van der Waals surface area contributed by atoms with Crippen LogP contribution < -0.4 is 0 Å². The summed E-state index contributed by atoms with van der Waals surface area (Å²) in [5.41, 5.74) is 2.77. The first-order chi connectivity index (χ1) is 12.0. The molecule has 3 rings (SSSR count). The van der Waals surface area contributed by atoms with E-state index in [-0.39, 0.29) is 10.8 Å². The number of rotatable bonds is 2. The summed E-state index contributed by atoms with van der Waals surface area (Å²) in [5.74, 6) is 0. The average Bonchev–Trinajstić information content (AvgIpc) is 2.56. The van der Waals surface area contributed by atoms with Gasteiger partial charge in [-0.3, -0.25) is 0 Å². The van der Waals surface area contributed by atoms with E-state index in [9.17, 15) is 0 Å². The van der Waals surface area contributed by atoms with Gasteiger partial charge in [0.15, 0.2) is 0 Å². The largest absolute Gasteiger partial charge is 0.304 e. The SMILES string of the molecule is CC(C)(C)C(=N)c1c2ccccc2c(C(=N)C(C)(C)C)c2ccccc12. The third kappa shape index (κ3) is 2.94. The molecule has 0 saturated carbocycles. The molecule has 2 nitrogen and oxygen atoms in total. The number of hydrogen-bond acceptors (Lipinski definition) is 2. The Labute approximate surface area is 156 Å². The summed E-state index contributed by atoms with van der Waals surface area (Å²) < 4.78 is 0. The number of hydrogen-bond donors (Lipinski definition) is 2. The fourth-order valence-electron chi connectivity index (χ4n) is 3.42. The molecule has 0 aromatic heterocycles. The highest BCUT2D eigenvalue weighted by molar-refractivity contribution is 6.29. The van der Waals surface area contributed by atoms with Gasteiger partial charge in [-0.2, -0.15) is 0 Å². The minimum absolute atomic E-state index is 0.245. The molecular formula is C24H28N2. The van der Waals surface area contributed by atoms with Crippen molar-refractivity contribution in [3.63, 3.8) is 0 Å². The van der Waals surface area contributed by atoms with Gasteiger partial charge in [-0.1, -0.05) is 90.1 Å². The lowest BCUT2D eigenvalue weighted by atomic mass is 9.77. The summed E-state index contributed by atoms with van der Waals surface area (Å²) in [6, 6.07) is 16.5. The lowest BCUT2D eigenvalue weighted by molar-refractivity contribution is 0.588. The molecule has 0 atom stereocenters. The molecule has 0 amide bonds. The minimum atomic E-state index is -0.245. The van der Waals surface area contributed by atoms with E-state index in [4.69, 9.17) is 10.8 Å². The second-order valence-electron chi connectivity index (χ2n) is 9.09. The van der Waals surface area contributed by atoms with E-state index in [0.717, 1.165) is 32.7 Å². The van der Waals surface area contributed by atoms with Crippen LogP contribution in [0.5, 0.6) is 0 Å². The van der Waals surface area contributed by atoms with E-state index < -0.39 is 0 Å². The Hall–Kier alpha value is -2.48. The predicted octanol–water partition coefficient (Wildman–Crippen LogP) is 6.82. The zero-order valence-electron chi connectivity index (χ0n) is 16.6. The average molecular weight is 345 g/mol. The third-order valence-corrected chi connectivity index (χ3v) is 4.93. The zero-order chi connectivity index (χ0) is 19.3. The van der Waals surface area contributed by atoms with Gasteiger partial charge in [0.1, 0.15) is 0 Å². The first kappa shape index (κ1) is 18.3. The number of fused-ring (bicyclic) bond motifs is 2. The van der Waals surface area contributed by atoms with Crippen molar-refractivity contribution in [2.45, 2.75) is 41.5 Å². The molecule has 0 saturated heterocycles. The van der Waals surface area contributed by atoms with E-state index in [1.54, 1.807) is 0 Å². The van der Waals surface area contributed by atoms with E-state index in [1.807, 2.05) is 24.3 Å². The van der Waals surface area contributed by atoms with E-state index in [1.165, 1.54) is 0 Å². The molecule has 0 heterocycles.